The van der Waals surface area contributed by atoms with Crippen molar-refractivity contribution in [3.63, 3.8) is 0 Å². The highest BCUT2D eigenvalue weighted by molar-refractivity contribution is 5.92. The van der Waals surface area contributed by atoms with E-state index in [1.165, 1.54) is 0 Å². The number of hydrogen-bond donors (Lipinski definition) is 1. The molecule has 0 unspecified atom stereocenters. The second-order valence-electron chi connectivity index (χ2n) is 4.81. The predicted octanol–water partition coefficient (Wildman–Crippen LogP) is 1.49. The lowest BCUT2D eigenvalue weighted by Gasteiger charge is -2.05. The Kier molecular flexibility index (Phi) is 3.06. The Morgan fingerprint density at radius 1 is 1.58 bits per heavy atom. The van der Waals surface area contributed by atoms with Crippen LogP contribution in [0, 0.1) is 6.92 Å². The highest BCUT2D eigenvalue weighted by Crippen LogP contribution is 2.40. The average Bonchev–Trinajstić information content (AvgIpc) is 2.99. The van der Waals surface area contributed by atoms with Crippen LogP contribution in [-0.2, 0) is 6.54 Å². The highest BCUT2D eigenvalue weighted by atomic mass is 16.5. The first kappa shape index (κ1) is 12.0. The largest absolute Gasteiger partial charge is 0.360 e. The summed E-state index contributed by atoms with van der Waals surface area (Å²) < 4.78 is 7.14. The van der Waals surface area contributed by atoms with Gasteiger partial charge in [-0.05, 0) is 19.8 Å². The van der Waals surface area contributed by atoms with Gasteiger partial charge in [0.25, 0.3) is 5.91 Å². The number of amides is 1. The van der Waals surface area contributed by atoms with Crippen molar-refractivity contribution in [1.29, 1.82) is 0 Å². The average molecular weight is 260 g/mol. The number of nitrogens with zero attached hydrogens (tertiary/aromatic N) is 3. The van der Waals surface area contributed by atoms with E-state index in [2.05, 4.69) is 15.5 Å². The summed E-state index contributed by atoms with van der Waals surface area (Å²) in [4.78, 5) is 16.0. The molecule has 100 valence electrons. The zero-order valence-electron chi connectivity index (χ0n) is 10.8. The number of nitrogens with one attached hydrogen (secondary N) is 1. The van der Waals surface area contributed by atoms with Gasteiger partial charge < -0.3 is 14.4 Å². The number of aryl methyl sites for hydroxylation is 1. The van der Waals surface area contributed by atoms with Crippen molar-refractivity contribution >= 4 is 5.91 Å². The van der Waals surface area contributed by atoms with Crippen LogP contribution < -0.4 is 5.32 Å². The standard InChI is InChI=1S/C13H16N4O2/c1-9-14-4-6-17(9)7-5-15-13(18)11-8-12(19-16-11)10-2-3-10/h4,6,8,10H,2-3,5,7H2,1H3,(H,15,18). The van der Waals surface area contributed by atoms with E-state index < -0.39 is 0 Å². The van der Waals surface area contributed by atoms with Gasteiger partial charge in [-0.2, -0.15) is 0 Å². The number of hydrogen-bond acceptors (Lipinski definition) is 4. The molecule has 0 saturated heterocycles. The Hall–Kier alpha value is -2.11. The molecule has 1 saturated carbocycles. The quantitative estimate of drug-likeness (QED) is 0.884. The molecule has 1 aliphatic carbocycles. The van der Waals surface area contributed by atoms with Crippen LogP contribution in [0.3, 0.4) is 0 Å². The van der Waals surface area contributed by atoms with Crippen molar-refractivity contribution in [2.24, 2.45) is 0 Å². The Labute approximate surface area is 110 Å². The molecule has 0 aromatic carbocycles. The highest BCUT2D eigenvalue weighted by Gasteiger charge is 2.28. The lowest BCUT2D eigenvalue weighted by Crippen LogP contribution is -2.27. The van der Waals surface area contributed by atoms with Gasteiger partial charge in [0.15, 0.2) is 5.69 Å². The van der Waals surface area contributed by atoms with Crippen LogP contribution in [-0.4, -0.2) is 27.2 Å². The summed E-state index contributed by atoms with van der Waals surface area (Å²) in [5, 5.41) is 6.63. The maximum absolute atomic E-state index is 11.9. The van der Waals surface area contributed by atoms with Crippen LogP contribution in [0.2, 0.25) is 0 Å². The number of imidazole rings is 1. The van der Waals surface area contributed by atoms with Gasteiger partial charge in [0, 0.05) is 37.5 Å². The molecule has 2 heterocycles. The van der Waals surface area contributed by atoms with Crippen LogP contribution in [0.15, 0.2) is 23.0 Å². The second-order valence-corrected chi connectivity index (χ2v) is 4.81. The van der Waals surface area contributed by atoms with Crippen molar-refractivity contribution in [3.8, 4) is 0 Å². The molecule has 0 radical (unpaired) electrons. The fourth-order valence-electron chi connectivity index (χ4n) is 1.98. The first-order valence-corrected chi connectivity index (χ1v) is 6.46. The molecular weight excluding hydrogens is 244 g/mol. The maximum atomic E-state index is 11.9. The van der Waals surface area contributed by atoms with Crippen LogP contribution in [0.1, 0.15) is 40.8 Å². The number of rotatable bonds is 5. The fourth-order valence-corrected chi connectivity index (χ4v) is 1.98. The van der Waals surface area contributed by atoms with Gasteiger partial charge in [-0.25, -0.2) is 4.98 Å². The van der Waals surface area contributed by atoms with E-state index in [9.17, 15) is 4.79 Å². The minimum absolute atomic E-state index is 0.187. The van der Waals surface area contributed by atoms with Gasteiger partial charge in [-0.3, -0.25) is 4.79 Å². The minimum atomic E-state index is -0.187. The third-order valence-electron chi connectivity index (χ3n) is 3.30. The van der Waals surface area contributed by atoms with Crippen LogP contribution in [0.25, 0.3) is 0 Å². The minimum Gasteiger partial charge on any atom is -0.360 e. The lowest BCUT2D eigenvalue weighted by molar-refractivity contribution is 0.0943. The lowest BCUT2D eigenvalue weighted by atomic mass is 10.3. The molecule has 19 heavy (non-hydrogen) atoms. The Morgan fingerprint density at radius 3 is 3.11 bits per heavy atom. The number of aromatic nitrogens is 3. The van der Waals surface area contributed by atoms with Gasteiger partial charge in [-0.1, -0.05) is 5.16 Å². The molecule has 0 spiro atoms. The van der Waals surface area contributed by atoms with Crippen LogP contribution >= 0.6 is 0 Å². The third-order valence-corrected chi connectivity index (χ3v) is 3.30. The van der Waals surface area contributed by atoms with Gasteiger partial charge in [0.05, 0.1) is 0 Å². The normalized spacial score (nSPS) is 14.6. The zero-order chi connectivity index (χ0) is 13.2. The summed E-state index contributed by atoms with van der Waals surface area (Å²) in [7, 11) is 0. The molecule has 3 rings (SSSR count). The second kappa shape index (κ2) is 4.87. The monoisotopic (exact) mass is 260 g/mol. The van der Waals surface area contributed by atoms with Gasteiger partial charge in [-0.15, -0.1) is 0 Å². The van der Waals surface area contributed by atoms with E-state index in [0.717, 1.165) is 24.4 Å². The Balaban J connectivity index is 1.51. The van der Waals surface area contributed by atoms with Crippen molar-refractivity contribution < 1.29 is 9.32 Å². The summed E-state index contributed by atoms with van der Waals surface area (Å²) in [5.41, 5.74) is 0.365. The SMILES string of the molecule is Cc1nccn1CCNC(=O)c1cc(C2CC2)on1. The molecule has 1 aliphatic rings. The van der Waals surface area contributed by atoms with Gasteiger partial charge in [0.1, 0.15) is 11.6 Å². The Bertz CT molecular complexity index is 583. The summed E-state index contributed by atoms with van der Waals surface area (Å²) in [6.07, 6.45) is 5.91. The molecule has 6 nitrogen and oxygen atoms in total. The fraction of sp³-hybridized carbons (Fsp3) is 0.462. The number of carbonyl (C=O) groups excluding carboxylic acids is 1. The number of carbonyl (C=O) groups is 1. The van der Waals surface area contributed by atoms with E-state index in [4.69, 9.17) is 4.52 Å². The molecule has 6 heteroatoms. The van der Waals surface area contributed by atoms with Crippen molar-refractivity contribution in [2.75, 3.05) is 6.54 Å². The first-order valence-electron chi connectivity index (χ1n) is 6.46. The van der Waals surface area contributed by atoms with E-state index >= 15 is 0 Å². The first-order chi connectivity index (χ1) is 9.24. The van der Waals surface area contributed by atoms with Crippen molar-refractivity contribution in [3.05, 3.63) is 35.7 Å². The Morgan fingerprint density at radius 2 is 2.42 bits per heavy atom. The van der Waals surface area contributed by atoms with E-state index in [-0.39, 0.29) is 5.91 Å². The van der Waals surface area contributed by atoms with Crippen LogP contribution in [0.5, 0.6) is 0 Å². The van der Waals surface area contributed by atoms with E-state index in [0.29, 0.717) is 24.7 Å². The third kappa shape index (κ3) is 2.67. The zero-order valence-corrected chi connectivity index (χ0v) is 10.8. The van der Waals surface area contributed by atoms with Crippen molar-refractivity contribution in [2.45, 2.75) is 32.2 Å². The predicted molar refractivity (Wildman–Crippen MR) is 67.8 cm³/mol. The summed E-state index contributed by atoms with van der Waals surface area (Å²) in [6, 6.07) is 1.75. The molecule has 1 amide bonds. The molecule has 0 atom stereocenters. The topological polar surface area (TPSA) is 73.0 Å². The summed E-state index contributed by atoms with van der Waals surface area (Å²) in [6.45, 7) is 3.17. The molecular formula is C13H16N4O2. The van der Waals surface area contributed by atoms with Crippen LogP contribution in [0.4, 0.5) is 0 Å². The molecule has 1 fully saturated rings. The van der Waals surface area contributed by atoms with Gasteiger partial charge >= 0.3 is 0 Å². The van der Waals surface area contributed by atoms with E-state index in [1.54, 1.807) is 12.3 Å². The molecule has 2 aromatic rings. The van der Waals surface area contributed by atoms with E-state index in [1.807, 2.05) is 17.7 Å². The smallest absolute Gasteiger partial charge is 0.273 e. The summed E-state index contributed by atoms with van der Waals surface area (Å²) >= 11 is 0. The molecule has 2 aromatic heterocycles. The molecule has 0 aliphatic heterocycles. The molecule has 1 N–H and O–H groups in total. The van der Waals surface area contributed by atoms with Crippen molar-refractivity contribution in [1.82, 2.24) is 20.0 Å². The molecule has 0 bridgehead atoms. The maximum Gasteiger partial charge on any atom is 0.273 e. The summed E-state index contributed by atoms with van der Waals surface area (Å²) in [5.74, 6) is 2.05. The van der Waals surface area contributed by atoms with Gasteiger partial charge in [0.2, 0.25) is 0 Å².